The quantitative estimate of drug-likeness (QED) is 0.781. The Hall–Kier alpha value is -0.650. The highest BCUT2D eigenvalue weighted by Crippen LogP contribution is 2.58. The molecule has 0 spiro atoms. The lowest BCUT2D eigenvalue weighted by Crippen LogP contribution is -2.82. The molecular formula is C16H26N2O3. The first-order chi connectivity index (χ1) is 9.94. The van der Waals surface area contributed by atoms with Gasteiger partial charge in [0.15, 0.2) is 0 Å². The maximum atomic E-state index is 13.2. The van der Waals surface area contributed by atoms with E-state index in [0.29, 0.717) is 13.1 Å². The van der Waals surface area contributed by atoms with Gasteiger partial charge >= 0.3 is 0 Å². The Morgan fingerprint density at radius 2 is 1.86 bits per heavy atom. The number of carbonyl (C=O) groups excluding carboxylic acids is 1. The lowest BCUT2D eigenvalue weighted by Gasteiger charge is -2.66. The molecule has 0 aromatic carbocycles. The van der Waals surface area contributed by atoms with E-state index >= 15 is 0 Å². The van der Waals surface area contributed by atoms with Crippen molar-refractivity contribution in [2.75, 3.05) is 19.7 Å². The number of hydrogen-bond donors (Lipinski definition) is 1. The monoisotopic (exact) mass is 294 g/mol. The smallest absolute Gasteiger partial charge is 0.243 e. The molecule has 1 amide bonds. The zero-order valence-corrected chi connectivity index (χ0v) is 13.0. The number of morpholine rings is 1. The third kappa shape index (κ3) is 1.71. The predicted molar refractivity (Wildman–Crippen MR) is 77.6 cm³/mol. The summed E-state index contributed by atoms with van der Waals surface area (Å²) in [4.78, 5) is 15.2. The van der Waals surface area contributed by atoms with Crippen molar-refractivity contribution in [3.05, 3.63) is 0 Å². The van der Waals surface area contributed by atoms with E-state index in [4.69, 9.17) is 15.2 Å². The highest BCUT2D eigenvalue weighted by molar-refractivity contribution is 5.89. The van der Waals surface area contributed by atoms with Crippen molar-refractivity contribution in [2.24, 2.45) is 17.1 Å². The molecule has 3 aliphatic heterocycles. The summed E-state index contributed by atoms with van der Waals surface area (Å²) in [5.74, 6) is 0.300. The number of ether oxygens (including phenoxy) is 2. The van der Waals surface area contributed by atoms with Gasteiger partial charge in [-0.05, 0) is 25.7 Å². The molecule has 5 nitrogen and oxygen atoms in total. The van der Waals surface area contributed by atoms with Crippen molar-refractivity contribution in [3.8, 4) is 0 Å². The molecule has 1 aliphatic carbocycles. The second kappa shape index (κ2) is 4.43. The Kier molecular flexibility index (Phi) is 2.95. The first-order valence-electron chi connectivity index (χ1n) is 8.30. The molecule has 5 atom stereocenters. The molecule has 0 aromatic rings. The molecule has 2 N–H and O–H groups in total. The van der Waals surface area contributed by atoms with Gasteiger partial charge in [0.1, 0.15) is 5.54 Å². The number of nitrogens with zero attached hydrogens (tertiary/aromatic N) is 1. The summed E-state index contributed by atoms with van der Waals surface area (Å²) in [6.45, 7) is 6.40. The zero-order valence-electron chi connectivity index (χ0n) is 13.0. The number of fused-ring (bicyclic) bond motifs is 3. The van der Waals surface area contributed by atoms with Crippen molar-refractivity contribution < 1.29 is 14.3 Å². The molecule has 5 unspecified atom stereocenters. The van der Waals surface area contributed by atoms with Gasteiger partial charge in [-0.15, -0.1) is 0 Å². The van der Waals surface area contributed by atoms with E-state index < -0.39 is 5.54 Å². The van der Waals surface area contributed by atoms with E-state index in [1.165, 1.54) is 0 Å². The number of rotatable bonds is 1. The van der Waals surface area contributed by atoms with Crippen LogP contribution in [0.1, 0.15) is 39.5 Å². The van der Waals surface area contributed by atoms with Gasteiger partial charge in [0.2, 0.25) is 5.91 Å². The number of hydrogen-bond acceptors (Lipinski definition) is 4. The largest absolute Gasteiger partial charge is 0.377 e. The van der Waals surface area contributed by atoms with E-state index in [2.05, 4.69) is 13.8 Å². The molecule has 4 fully saturated rings. The van der Waals surface area contributed by atoms with Crippen LogP contribution in [0.15, 0.2) is 0 Å². The summed E-state index contributed by atoms with van der Waals surface area (Å²) >= 11 is 0. The van der Waals surface area contributed by atoms with Gasteiger partial charge in [0.25, 0.3) is 0 Å². The van der Waals surface area contributed by atoms with Crippen LogP contribution >= 0.6 is 0 Å². The molecule has 3 saturated heterocycles. The van der Waals surface area contributed by atoms with Crippen molar-refractivity contribution in [1.29, 1.82) is 0 Å². The lowest BCUT2D eigenvalue weighted by atomic mass is 9.46. The minimum atomic E-state index is -0.769. The highest BCUT2D eigenvalue weighted by Gasteiger charge is 2.71. The molecule has 118 valence electrons. The van der Waals surface area contributed by atoms with E-state index in [0.717, 1.165) is 32.3 Å². The highest BCUT2D eigenvalue weighted by atomic mass is 16.5. The number of carbonyl (C=O) groups is 1. The van der Waals surface area contributed by atoms with E-state index in [1.807, 2.05) is 4.90 Å². The summed E-state index contributed by atoms with van der Waals surface area (Å²) in [5, 5.41) is 0. The molecule has 2 bridgehead atoms. The average Bonchev–Trinajstić information content (AvgIpc) is 2.84. The second-order valence-electron chi connectivity index (χ2n) is 7.80. The molecule has 4 rings (SSSR count). The molecule has 21 heavy (non-hydrogen) atoms. The molecule has 4 aliphatic rings. The summed E-state index contributed by atoms with van der Waals surface area (Å²) in [5.41, 5.74) is 5.65. The molecule has 0 radical (unpaired) electrons. The van der Waals surface area contributed by atoms with Crippen molar-refractivity contribution in [3.63, 3.8) is 0 Å². The van der Waals surface area contributed by atoms with Crippen LogP contribution in [0, 0.1) is 11.3 Å². The summed E-state index contributed by atoms with van der Waals surface area (Å²) in [6.07, 6.45) is 4.74. The fourth-order valence-electron chi connectivity index (χ4n) is 5.05. The zero-order chi connectivity index (χ0) is 14.8. The van der Waals surface area contributed by atoms with Crippen LogP contribution in [0.3, 0.4) is 0 Å². The molecule has 5 heteroatoms. The minimum absolute atomic E-state index is 0.124. The molecule has 3 heterocycles. The van der Waals surface area contributed by atoms with E-state index in [-0.39, 0.29) is 35.6 Å². The summed E-state index contributed by atoms with van der Waals surface area (Å²) in [6, 6.07) is 0. The number of amides is 1. The Labute approximate surface area is 126 Å². The maximum absolute atomic E-state index is 13.2. The normalized spacial score (nSPS) is 47.7. The summed E-state index contributed by atoms with van der Waals surface area (Å²) < 4.78 is 11.7. The topological polar surface area (TPSA) is 64.8 Å². The Bertz CT molecular complexity index is 454. The Balaban J connectivity index is 1.58. The first kappa shape index (κ1) is 14.0. The van der Waals surface area contributed by atoms with Gasteiger partial charge in [-0.25, -0.2) is 0 Å². The van der Waals surface area contributed by atoms with Gasteiger partial charge in [-0.1, -0.05) is 13.8 Å². The van der Waals surface area contributed by atoms with E-state index in [9.17, 15) is 4.79 Å². The van der Waals surface area contributed by atoms with Gasteiger partial charge in [-0.3, -0.25) is 4.79 Å². The summed E-state index contributed by atoms with van der Waals surface area (Å²) in [7, 11) is 0. The van der Waals surface area contributed by atoms with Crippen molar-refractivity contribution in [2.45, 2.75) is 63.4 Å². The maximum Gasteiger partial charge on any atom is 0.243 e. The van der Waals surface area contributed by atoms with Crippen molar-refractivity contribution in [1.82, 2.24) is 4.90 Å². The van der Waals surface area contributed by atoms with Crippen LogP contribution in [0.25, 0.3) is 0 Å². The molecule has 1 saturated carbocycles. The predicted octanol–water partition coefficient (Wildman–Crippen LogP) is 0.909. The first-order valence-corrected chi connectivity index (χ1v) is 8.30. The van der Waals surface area contributed by atoms with Gasteiger partial charge in [0, 0.05) is 31.0 Å². The van der Waals surface area contributed by atoms with E-state index in [1.54, 1.807) is 0 Å². The van der Waals surface area contributed by atoms with Gasteiger partial charge < -0.3 is 20.1 Å². The molecule has 0 aromatic heterocycles. The van der Waals surface area contributed by atoms with Crippen LogP contribution in [-0.4, -0.2) is 54.4 Å². The van der Waals surface area contributed by atoms with Gasteiger partial charge in [0.05, 0.1) is 18.3 Å². The SMILES string of the molecule is CC1(C)C2OCCCC2C1(N)C(=O)N1CC2CCC(C1)O2. The minimum Gasteiger partial charge on any atom is -0.377 e. The fraction of sp³-hybridized carbons (Fsp3) is 0.938. The van der Waals surface area contributed by atoms with Gasteiger partial charge in [-0.2, -0.15) is 0 Å². The third-order valence-electron chi connectivity index (χ3n) is 6.37. The molecular weight excluding hydrogens is 268 g/mol. The van der Waals surface area contributed by atoms with Crippen molar-refractivity contribution >= 4 is 5.91 Å². The lowest BCUT2D eigenvalue weighted by molar-refractivity contribution is -0.232. The Morgan fingerprint density at radius 1 is 1.19 bits per heavy atom. The van der Waals surface area contributed by atoms with Crippen LogP contribution in [-0.2, 0) is 14.3 Å². The Morgan fingerprint density at radius 3 is 2.52 bits per heavy atom. The second-order valence-corrected chi connectivity index (χ2v) is 7.80. The third-order valence-corrected chi connectivity index (χ3v) is 6.37. The van der Waals surface area contributed by atoms with Crippen LogP contribution in [0.5, 0.6) is 0 Å². The average molecular weight is 294 g/mol. The standard InChI is InChI=1S/C16H26N2O3/c1-15(2)13-12(4-3-7-20-13)16(15,17)14(19)18-8-10-5-6-11(9-18)21-10/h10-13H,3-9,17H2,1-2H3. The number of nitrogens with two attached hydrogens (primary N) is 1. The van der Waals surface area contributed by atoms with Crippen LogP contribution in [0.4, 0.5) is 0 Å². The van der Waals surface area contributed by atoms with Crippen LogP contribution in [0.2, 0.25) is 0 Å². The fourth-order valence-corrected chi connectivity index (χ4v) is 5.05. The van der Waals surface area contributed by atoms with Crippen LogP contribution < -0.4 is 5.73 Å². The number of likely N-dealkylation sites (tertiary alicyclic amines) is 1.